The van der Waals surface area contributed by atoms with Crippen LogP contribution in [0.3, 0.4) is 0 Å². The number of aryl methyl sites for hydroxylation is 1. The Morgan fingerprint density at radius 3 is 2.71 bits per heavy atom. The van der Waals surface area contributed by atoms with E-state index in [-0.39, 0.29) is 11.8 Å². The number of hydrogen-bond acceptors (Lipinski definition) is 2. The van der Waals surface area contributed by atoms with Crippen LogP contribution in [0.25, 0.3) is 10.8 Å². The summed E-state index contributed by atoms with van der Waals surface area (Å²) in [5.74, 6) is -0.314. The molecule has 0 bridgehead atoms. The van der Waals surface area contributed by atoms with Crippen LogP contribution in [0.1, 0.15) is 37.7 Å². The van der Waals surface area contributed by atoms with Crippen molar-refractivity contribution in [2.75, 3.05) is 6.54 Å². The molecule has 3 rings (SSSR count). The summed E-state index contributed by atoms with van der Waals surface area (Å²) in [6.07, 6.45) is 4.84. The number of likely N-dealkylation sites (tertiary alicyclic amines) is 1. The maximum Gasteiger partial charge on any atom is 0.240 e. The van der Waals surface area contributed by atoms with Crippen molar-refractivity contribution < 1.29 is 9.59 Å². The highest BCUT2D eigenvalue weighted by Gasteiger charge is 2.31. The SMILES string of the molecule is NC(=O)C1CCCN1C(=O)CCCCc1cccc2ccccc12. The first kappa shape index (κ1) is 16.5. The minimum Gasteiger partial charge on any atom is -0.368 e. The molecule has 4 nitrogen and oxygen atoms in total. The number of amides is 2. The van der Waals surface area contributed by atoms with Crippen molar-refractivity contribution in [3.8, 4) is 0 Å². The zero-order valence-corrected chi connectivity index (χ0v) is 13.9. The van der Waals surface area contributed by atoms with Gasteiger partial charge in [-0.2, -0.15) is 0 Å². The van der Waals surface area contributed by atoms with E-state index in [0.29, 0.717) is 19.4 Å². The van der Waals surface area contributed by atoms with E-state index in [1.54, 1.807) is 4.90 Å². The van der Waals surface area contributed by atoms with Gasteiger partial charge in [0.05, 0.1) is 0 Å². The summed E-state index contributed by atoms with van der Waals surface area (Å²) in [5.41, 5.74) is 6.71. The third-order valence-corrected chi connectivity index (χ3v) is 4.87. The largest absolute Gasteiger partial charge is 0.368 e. The predicted molar refractivity (Wildman–Crippen MR) is 95.4 cm³/mol. The number of nitrogens with zero attached hydrogens (tertiary/aromatic N) is 1. The number of primary amides is 1. The number of carbonyl (C=O) groups excluding carboxylic acids is 2. The van der Waals surface area contributed by atoms with Crippen LogP contribution < -0.4 is 5.73 Å². The lowest BCUT2D eigenvalue weighted by atomic mass is 9.99. The van der Waals surface area contributed by atoms with E-state index in [1.807, 2.05) is 0 Å². The molecule has 24 heavy (non-hydrogen) atoms. The van der Waals surface area contributed by atoms with Gasteiger partial charge in [0.15, 0.2) is 0 Å². The zero-order chi connectivity index (χ0) is 16.9. The molecule has 2 aromatic rings. The van der Waals surface area contributed by atoms with Crippen LogP contribution in [0.5, 0.6) is 0 Å². The molecule has 0 spiro atoms. The van der Waals surface area contributed by atoms with Gasteiger partial charge in [0, 0.05) is 13.0 Å². The van der Waals surface area contributed by atoms with Gasteiger partial charge >= 0.3 is 0 Å². The fourth-order valence-electron chi connectivity index (χ4n) is 3.61. The smallest absolute Gasteiger partial charge is 0.240 e. The number of fused-ring (bicyclic) bond motifs is 1. The van der Waals surface area contributed by atoms with E-state index < -0.39 is 6.04 Å². The number of carbonyl (C=O) groups is 2. The van der Waals surface area contributed by atoms with Crippen LogP contribution in [-0.4, -0.2) is 29.3 Å². The lowest BCUT2D eigenvalue weighted by Crippen LogP contribution is -2.43. The number of unbranched alkanes of at least 4 members (excludes halogenated alkanes) is 1. The van der Waals surface area contributed by atoms with Gasteiger partial charge < -0.3 is 10.6 Å². The number of benzene rings is 2. The van der Waals surface area contributed by atoms with Crippen LogP contribution >= 0.6 is 0 Å². The minimum absolute atomic E-state index is 0.0641. The Morgan fingerprint density at radius 1 is 1.08 bits per heavy atom. The summed E-state index contributed by atoms with van der Waals surface area (Å²) in [6, 6.07) is 14.4. The molecular weight excluding hydrogens is 300 g/mol. The highest BCUT2D eigenvalue weighted by atomic mass is 16.2. The average molecular weight is 324 g/mol. The number of hydrogen-bond donors (Lipinski definition) is 1. The summed E-state index contributed by atoms with van der Waals surface area (Å²) >= 11 is 0. The van der Waals surface area contributed by atoms with Crippen LogP contribution in [0.15, 0.2) is 42.5 Å². The van der Waals surface area contributed by atoms with Crippen molar-refractivity contribution >= 4 is 22.6 Å². The van der Waals surface area contributed by atoms with Gasteiger partial charge in [-0.25, -0.2) is 0 Å². The van der Waals surface area contributed by atoms with E-state index in [9.17, 15) is 9.59 Å². The van der Waals surface area contributed by atoms with Crippen LogP contribution in [-0.2, 0) is 16.0 Å². The molecule has 1 fully saturated rings. The summed E-state index contributed by atoms with van der Waals surface area (Å²) in [4.78, 5) is 25.4. The maximum atomic E-state index is 12.3. The van der Waals surface area contributed by atoms with E-state index in [4.69, 9.17) is 5.73 Å². The molecule has 1 unspecified atom stereocenters. The highest BCUT2D eigenvalue weighted by molar-refractivity contribution is 5.87. The maximum absolute atomic E-state index is 12.3. The fraction of sp³-hybridized carbons (Fsp3) is 0.400. The Labute approximate surface area is 142 Å². The number of rotatable bonds is 6. The van der Waals surface area contributed by atoms with Crippen LogP contribution in [0.4, 0.5) is 0 Å². The molecule has 0 aromatic heterocycles. The average Bonchev–Trinajstić information content (AvgIpc) is 3.09. The van der Waals surface area contributed by atoms with Gasteiger partial charge in [0.25, 0.3) is 0 Å². The molecule has 1 aliphatic rings. The predicted octanol–water partition coefficient (Wildman–Crippen LogP) is 3.03. The molecule has 4 heteroatoms. The third kappa shape index (κ3) is 3.58. The van der Waals surface area contributed by atoms with Gasteiger partial charge in [-0.1, -0.05) is 42.5 Å². The van der Waals surface area contributed by atoms with Crippen molar-refractivity contribution in [3.05, 3.63) is 48.0 Å². The minimum atomic E-state index is -0.393. The van der Waals surface area contributed by atoms with Crippen molar-refractivity contribution in [1.82, 2.24) is 4.90 Å². The molecule has 1 saturated heterocycles. The molecule has 0 aliphatic carbocycles. The topological polar surface area (TPSA) is 63.4 Å². The molecule has 1 aliphatic heterocycles. The monoisotopic (exact) mass is 324 g/mol. The first-order valence-electron chi connectivity index (χ1n) is 8.72. The van der Waals surface area contributed by atoms with Gasteiger partial charge in [-0.05, 0) is 48.4 Å². The standard InChI is InChI=1S/C20H24N2O2/c21-20(24)18-12-6-14-22(18)19(23)13-4-2-8-16-10-5-9-15-7-1-3-11-17(15)16/h1,3,5,7,9-11,18H,2,4,6,8,12-14H2,(H2,21,24). The van der Waals surface area contributed by atoms with Crippen LogP contribution in [0.2, 0.25) is 0 Å². The van der Waals surface area contributed by atoms with Gasteiger partial charge in [0.1, 0.15) is 6.04 Å². The van der Waals surface area contributed by atoms with E-state index in [0.717, 1.165) is 25.7 Å². The summed E-state index contributed by atoms with van der Waals surface area (Å²) in [6.45, 7) is 0.662. The van der Waals surface area contributed by atoms with Gasteiger partial charge in [-0.15, -0.1) is 0 Å². The Kier molecular flexibility index (Phi) is 5.14. The molecule has 2 aromatic carbocycles. The van der Waals surface area contributed by atoms with E-state index >= 15 is 0 Å². The Balaban J connectivity index is 1.52. The quantitative estimate of drug-likeness (QED) is 0.830. The van der Waals surface area contributed by atoms with Crippen LogP contribution in [0, 0.1) is 0 Å². The first-order chi connectivity index (χ1) is 11.7. The normalized spacial score (nSPS) is 17.3. The molecule has 0 saturated carbocycles. The Bertz CT molecular complexity index is 736. The van der Waals surface area contributed by atoms with E-state index in [2.05, 4.69) is 42.5 Å². The van der Waals surface area contributed by atoms with Crippen molar-refractivity contribution in [1.29, 1.82) is 0 Å². The van der Waals surface area contributed by atoms with Crippen molar-refractivity contribution in [2.45, 2.75) is 44.6 Å². The second-order valence-corrected chi connectivity index (χ2v) is 6.49. The van der Waals surface area contributed by atoms with Crippen molar-refractivity contribution in [2.24, 2.45) is 5.73 Å². The fourth-order valence-corrected chi connectivity index (χ4v) is 3.61. The Morgan fingerprint density at radius 2 is 1.88 bits per heavy atom. The lowest BCUT2D eigenvalue weighted by molar-refractivity contribution is -0.137. The van der Waals surface area contributed by atoms with Gasteiger partial charge in [0.2, 0.25) is 11.8 Å². The molecule has 0 radical (unpaired) electrons. The van der Waals surface area contributed by atoms with Gasteiger partial charge in [-0.3, -0.25) is 9.59 Å². The molecule has 1 atom stereocenters. The molecule has 2 amide bonds. The Hall–Kier alpha value is -2.36. The van der Waals surface area contributed by atoms with E-state index in [1.165, 1.54) is 16.3 Å². The summed E-state index contributed by atoms with van der Waals surface area (Å²) < 4.78 is 0. The highest BCUT2D eigenvalue weighted by Crippen LogP contribution is 2.22. The zero-order valence-electron chi connectivity index (χ0n) is 13.9. The second kappa shape index (κ2) is 7.47. The lowest BCUT2D eigenvalue weighted by Gasteiger charge is -2.22. The first-order valence-corrected chi connectivity index (χ1v) is 8.72. The third-order valence-electron chi connectivity index (χ3n) is 4.87. The molecule has 2 N–H and O–H groups in total. The van der Waals surface area contributed by atoms with Crippen molar-refractivity contribution in [3.63, 3.8) is 0 Å². The second-order valence-electron chi connectivity index (χ2n) is 6.49. The molecular formula is C20H24N2O2. The molecule has 1 heterocycles. The summed E-state index contributed by atoms with van der Waals surface area (Å²) in [7, 11) is 0. The summed E-state index contributed by atoms with van der Waals surface area (Å²) in [5, 5.41) is 2.55. The number of nitrogens with two attached hydrogens (primary N) is 1. The molecule has 126 valence electrons.